The topological polar surface area (TPSA) is 168 Å². The van der Waals surface area contributed by atoms with Gasteiger partial charge in [-0.2, -0.15) is 0 Å². The van der Waals surface area contributed by atoms with Gasteiger partial charge in [-0.15, -0.1) is 0 Å². The second-order valence-electron chi connectivity index (χ2n) is 15.0. The zero-order valence-corrected chi connectivity index (χ0v) is 30.8. The van der Waals surface area contributed by atoms with E-state index in [2.05, 4.69) is 71.6 Å². The number of carbonyl (C=O) groups excluding carboxylic acids is 2. The van der Waals surface area contributed by atoms with Crippen molar-refractivity contribution in [2.24, 2.45) is 5.92 Å². The molecule has 0 aliphatic carbocycles. The highest BCUT2D eigenvalue weighted by molar-refractivity contribution is 6.74. The van der Waals surface area contributed by atoms with E-state index in [1.165, 1.54) is 12.4 Å². The van der Waals surface area contributed by atoms with E-state index in [1.807, 2.05) is 0 Å². The fraction of sp³-hybridized carbons (Fsp3) is 0.559. The van der Waals surface area contributed by atoms with Crippen LogP contribution in [0.2, 0.25) is 18.1 Å². The van der Waals surface area contributed by atoms with Crippen LogP contribution >= 0.6 is 0 Å². The van der Waals surface area contributed by atoms with Crippen molar-refractivity contribution in [3.05, 3.63) is 41.9 Å². The van der Waals surface area contributed by atoms with Crippen LogP contribution in [-0.4, -0.2) is 79.0 Å². The lowest BCUT2D eigenvalue weighted by molar-refractivity contribution is 0.0336. The molecular weight excluding hydrogens is 651 g/mol. The maximum atomic E-state index is 13.9. The molecule has 3 amide bonds. The van der Waals surface area contributed by atoms with Gasteiger partial charge in [0.05, 0.1) is 36.4 Å². The number of piperidine rings is 1. The number of aromatic nitrogens is 2. The molecule has 0 radical (unpaired) electrons. The number of nitrogens with one attached hydrogen (secondary N) is 3. The number of pyridine rings is 2. The number of ether oxygens (including phenoxy) is 1. The number of aryl methyl sites for hydroxylation is 1. The maximum absolute atomic E-state index is 13.9. The summed E-state index contributed by atoms with van der Waals surface area (Å²) in [5.41, 5.74) is 1.21. The van der Waals surface area contributed by atoms with E-state index in [9.17, 15) is 23.9 Å². The Labute approximate surface area is 287 Å². The third-order valence-corrected chi connectivity index (χ3v) is 13.3. The predicted molar refractivity (Wildman–Crippen MR) is 189 cm³/mol. The highest BCUT2D eigenvalue weighted by Gasteiger charge is 2.45. The highest BCUT2D eigenvalue weighted by Crippen LogP contribution is 2.40. The number of carbonyl (C=O) groups is 3. The number of amides is 3. The molecule has 4 N–H and O–H groups in total. The van der Waals surface area contributed by atoms with Gasteiger partial charge < -0.3 is 34.2 Å². The Morgan fingerprint density at radius 2 is 1.84 bits per heavy atom. The smallest absolute Gasteiger partial charge is 0.411 e. The lowest BCUT2D eigenvalue weighted by Crippen LogP contribution is -2.63. The van der Waals surface area contributed by atoms with E-state index >= 15 is 0 Å². The fourth-order valence-electron chi connectivity index (χ4n) is 5.53. The van der Waals surface area contributed by atoms with Crippen LogP contribution in [-0.2, 0) is 15.6 Å². The van der Waals surface area contributed by atoms with E-state index in [4.69, 9.17) is 13.6 Å². The molecule has 0 unspecified atom stereocenters. The first-order chi connectivity index (χ1) is 22.8. The Morgan fingerprint density at radius 3 is 2.47 bits per heavy atom. The minimum Gasteiger partial charge on any atom is -0.465 e. The molecule has 1 fully saturated rings. The summed E-state index contributed by atoms with van der Waals surface area (Å²) >= 11 is 0. The van der Waals surface area contributed by atoms with Crippen LogP contribution in [0.25, 0.3) is 11.1 Å². The number of halogens is 1. The van der Waals surface area contributed by atoms with E-state index in [1.54, 1.807) is 39.1 Å². The fourth-order valence-corrected chi connectivity index (χ4v) is 6.96. The van der Waals surface area contributed by atoms with E-state index < -0.39 is 44.7 Å². The van der Waals surface area contributed by atoms with Gasteiger partial charge in [0.15, 0.2) is 13.9 Å². The van der Waals surface area contributed by atoms with Crippen LogP contribution in [0, 0.1) is 5.92 Å². The van der Waals surface area contributed by atoms with Gasteiger partial charge in [-0.05, 0) is 69.4 Å². The molecule has 0 bridgehead atoms. The molecule has 4 rings (SSSR count). The molecule has 1 saturated heterocycles. The van der Waals surface area contributed by atoms with Crippen LogP contribution in [0.4, 0.5) is 31.2 Å². The summed E-state index contributed by atoms with van der Waals surface area (Å²) in [6.07, 6.45) is 3.04. The van der Waals surface area contributed by atoms with E-state index in [0.29, 0.717) is 36.4 Å². The molecule has 3 aromatic heterocycles. The molecule has 49 heavy (non-hydrogen) atoms. The molecule has 0 spiro atoms. The van der Waals surface area contributed by atoms with Crippen molar-refractivity contribution < 1.29 is 37.5 Å². The first kappa shape index (κ1) is 37.6. The van der Waals surface area contributed by atoms with Gasteiger partial charge in [0.1, 0.15) is 16.7 Å². The van der Waals surface area contributed by atoms with Crippen molar-refractivity contribution in [2.75, 3.05) is 35.3 Å². The number of carboxylic acid groups (broad SMARTS) is 1. The summed E-state index contributed by atoms with van der Waals surface area (Å²) in [6.45, 7) is 18.7. The Balaban J connectivity index is 1.66. The lowest BCUT2D eigenvalue weighted by Gasteiger charge is -2.48. The van der Waals surface area contributed by atoms with E-state index in [-0.39, 0.29) is 46.0 Å². The van der Waals surface area contributed by atoms with Crippen LogP contribution in [0.15, 0.2) is 35.1 Å². The van der Waals surface area contributed by atoms with Crippen molar-refractivity contribution in [3.8, 4) is 0 Å². The monoisotopic (exact) mass is 700 g/mol. The predicted octanol–water partition coefficient (Wildman–Crippen LogP) is 7.21. The first-order valence-corrected chi connectivity index (χ1v) is 19.4. The van der Waals surface area contributed by atoms with Gasteiger partial charge in [0.25, 0.3) is 5.91 Å². The SMILES string of the molecule is C[C@H]1CN(c2ccncc2NC(=O)c2c(NC(=O)O)oc3cc(CCCF)cnc23)C[C@@H](NC(=O)OC(C)(C)C)[C@@H]1O[Si](C)(C)C(C)(C)C. The van der Waals surface area contributed by atoms with Crippen molar-refractivity contribution in [1.29, 1.82) is 0 Å². The average Bonchev–Trinajstić information content (AvgIpc) is 3.32. The van der Waals surface area contributed by atoms with Gasteiger partial charge in [0.2, 0.25) is 5.88 Å². The minimum atomic E-state index is -2.25. The molecule has 0 saturated carbocycles. The number of anilines is 3. The van der Waals surface area contributed by atoms with Crippen molar-refractivity contribution in [2.45, 2.75) is 97.2 Å². The summed E-state index contributed by atoms with van der Waals surface area (Å²) in [7, 11) is -2.25. The lowest BCUT2D eigenvalue weighted by atomic mass is 9.92. The maximum Gasteiger partial charge on any atom is 0.411 e. The van der Waals surface area contributed by atoms with Crippen LogP contribution in [0.5, 0.6) is 0 Å². The number of hydrogen-bond donors (Lipinski definition) is 4. The van der Waals surface area contributed by atoms with Gasteiger partial charge in [-0.25, -0.2) is 9.59 Å². The zero-order chi connectivity index (χ0) is 36.3. The van der Waals surface area contributed by atoms with Gasteiger partial charge in [-0.1, -0.05) is 27.7 Å². The summed E-state index contributed by atoms with van der Waals surface area (Å²) in [6, 6.07) is 2.93. The number of alkyl carbamates (subject to hydrolysis) is 1. The second kappa shape index (κ2) is 14.7. The van der Waals surface area contributed by atoms with E-state index in [0.717, 1.165) is 0 Å². The highest BCUT2D eigenvalue weighted by atomic mass is 28.4. The summed E-state index contributed by atoms with van der Waals surface area (Å²) in [4.78, 5) is 49.2. The molecule has 4 heterocycles. The zero-order valence-electron chi connectivity index (χ0n) is 29.8. The van der Waals surface area contributed by atoms with Crippen LogP contribution < -0.4 is 20.9 Å². The molecule has 0 aromatic carbocycles. The van der Waals surface area contributed by atoms with Gasteiger partial charge in [0, 0.05) is 31.4 Å². The Morgan fingerprint density at radius 1 is 1.12 bits per heavy atom. The minimum absolute atomic E-state index is 0.0421. The molecule has 15 heteroatoms. The molecule has 1 aliphatic rings. The summed E-state index contributed by atoms with van der Waals surface area (Å²) in [5, 5.41) is 17.5. The Hall–Kier alpha value is -4.24. The molecular formula is C34H49FN6O7Si. The molecule has 1 aliphatic heterocycles. The van der Waals surface area contributed by atoms with Crippen LogP contribution in [0.3, 0.4) is 0 Å². The number of rotatable bonds is 10. The standard InChI is InChI=1S/C34H49FN6O7Si/c1-20-18-41(19-23(39-32(45)47-33(2,3)4)28(20)48-49(8,9)34(5,6)7)24-12-14-36-17-22(24)38-29(42)26-27-25(46-30(26)40-31(43)44)15-21(16-37-27)11-10-13-35/h12,14-17,20,23,28,40H,10-11,13,18-19H2,1-9H3,(H,38,42)(H,39,45)(H,43,44)/t20-,23+,28+/m0/s1. The number of fused-ring (bicyclic) bond motifs is 1. The molecule has 3 aromatic rings. The molecule has 3 atom stereocenters. The molecule has 13 nitrogen and oxygen atoms in total. The summed E-state index contributed by atoms with van der Waals surface area (Å²) in [5.74, 6) is -1.01. The first-order valence-electron chi connectivity index (χ1n) is 16.4. The van der Waals surface area contributed by atoms with Gasteiger partial charge >= 0.3 is 12.2 Å². The third kappa shape index (κ3) is 9.26. The Bertz CT molecular complexity index is 1670. The number of furan rings is 1. The summed E-state index contributed by atoms with van der Waals surface area (Å²) < 4.78 is 31.0. The third-order valence-electron chi connectivity index (χ3n) is 8.84. The van der Waals surface area contributed by atoms with Crippen molar-refractivity contribution in [3.63, 3.8) is 0 Å². The van der Waals surface area contributed by atoms with Crippen LogP contribution in [0.1, 0.15) is 70.8 Å². The number of alkyl halides is 1. The Kier molecular flexibility index (Phi) is 11.3. The number of nitrogens with zero attached hydrogens (tertiary/aromatic N) is 3. The normalized spacial score (nSPS) is 18.7. The van der Waals surface area contributed by atoms with Crippen molar-refractivity contribution in [1.82, 2.24) is 15.3 Å². The quantitative estimate of drug-likeness (QED) is 0.159. The number of hydrogen-bond acceptors (Lipinski definition) is 9. The second-order valence-corrected chi connectivity index (χ2v) is 19.8. The largest absolute Gasteiger partial charge is 0.465 e. The molecule has 268 valence electrons. The average molecular weight is 701 g/mol. The van der Waals surface area contributed by atoms with Gasteiger partial charge in [-0.3, -0.25) is 24.5 Å². The van der Waals surface area contributed by atoms with Crippen molar-refractivity contribution >= 4 is 54.8 Å².